The first-order chi connectivity index (χ1) is 64.5. The number of nitrogens with zero attached hydrogens (tertiary/aromatic N) is 11. The molecule has 618 valence electrons. The summed E-state index contributed by atoms with van der Waals surface area (Å²) < 4.78 is 19.5. The zero-order chi connectivity index (χ0) is 87.5. The first kappa shape index (κ1) is 78.7. The van der Waals surface area contributed by atoms with Crippen LogP contribution < -0.4 is 5.30 Å². The van der Waals surface area contributed by atoms with Crippen LogP contribution >= 0.6 is 7.14 Å². The topological polar surface area (TPSA) is 133 Å². The number of benzene rings is 17. The van der Waals surface area contributed by atoms with E-state index in [0.29, 0.717) is 17.5 Å². The van der Waals surface area contributed by atoms with Gasteiger partial charge in [0.1, 0.15) is 24.1 Å². The van der Waals surface area contributed by atoms with Gasteiger partial charge in [0.2, 0.25) is 0 Å². The number of imidazole rings is 3. The third-order valence-corrected chi connectivity index (χ3v) is 26.3. The largest absolute Gasteiger partial charge is 0.319 e. The molecule has 25 aromatic rings. The minimum Gasteiger partial charge on any atom is -0.319 e. The predicted molar refractivity (Wildman–Crippen MR) is 541 cm³/mol. The molecule has 0 amide bonds. The molecule has 0 saturated carbocycles. The van der Waals surface area contributed by atoms with Crippen LogP contribution in [0.2, 0.25) is 0 Å². The summed E-state index contributed by atoms with van der Waals surface area (Å²) in [6, 6.07) is 156. The fourth-order valence-electron chi connectivity index (χ4n) is 18.3. The fourth-order valence-corrected chi connectivity index (χ4v) is 19.2. The summed E-state index contributed by atoms with van der Waals surface area (Å²) in [5.74, 6) is 1.92. The van der Waals surface area contributed by atoms with E-state index in [1.165, 1.54) is 32.7 Å². The van der Waals surface area contributed by atoms with E-state index in [-0.39, 0.29) is 0 Å². The van der Waals surface area contributed by atoms with Crippen molar-refractivity contribution < 1.29 is 4.57 Å². The van der Waals surface area contributed by atoms with Gasteiger partial charge in [-0.25, -0.2) is 39.9 Å². The van der Waals surface area contributed by atoms with Crippen molar-refractivity contribution in [3.05, 3.63) is 449 Å². The Kier molecular flexibility index (Phi) is 20.0. The first-order valence-corrected chi connectivity index (χ1v) is 46.5. The van der Waals surface area contributed by atoms with Crippen molar-refractivity contribution in [2.75, 3.05) is 13.3 Å². The van der Waals surface area contributed by atoms with Gasteiger partial charge in [0, 0.05) is 44.2 Å². The van der Waals surface area contributed by atoms with E-state index in [0.717, 1.165) is 184 Å². The van der Waals surface area contributed by atoms with Gasteiger partial charge in [-0.2, -0.15) is 0 Å². The summed E-state index contributed by atoms with van der Waals surface area (Å²) in [6.07, 6.45) is 0. The zero-order valence-electron chi connectivity index (χ0n) is 71.5. The monoisotopic (exact) mass is 1700 g/mol. The molecular formula is C118H80N11OP. The molecule has 12 nitrogen and oxygen atoms in total. The Labute approximate surface area is 755 Å². The molecule has 0 radical (unpaired) electrons. The van der Waals surface area contributed by atoms with Crippen molar-refractivity contribution >= 4 is 106 Å². The second kappa shape index (κ2) is 33.4. The Morgan fingerprint density at radius 1 is 0.191 bits per heavy atom. The van der Waals surface area contributed by atoms with Crippen LogP contribution in [0.4, 0.5) is 0 Å². The Morgan fingerprint density at radius 2 is 0.519 bits per heavy atom. The second-order valence-corrected chi connectivity index (χ2v) is 36.5. The highest BCUT2D eigenvalue weighted by molar-refractivity contribution is 7.70. The zero-order valence-corrected chi connectivity index (χ0v) is 72.4. The summed E-state index contributed by atoms with van der Waals surface area (Å²) in [4.78, 5) is 40.2. The van der Waals surface area contributed by atoms with Crippen LogP contribution in [-0.4, -0.2) is 66.4 Å². The molecule has 0 spiro atoms. The molecule has 0 aliphatic heterocycles. The molecule has 0 unspecified atom stereocenters. The molecule has 17 aromatic carbocycles. The molecule has 0 aliphatic carbocycles. The highest BCUT2D eigenvalue weighted by atomic mass is 31.2. The molecule has 13 heteroatoms. The van der Waals surface area contributed by atoms with Crippen molar-refractivity contribution in [2.24, 2.45) is 0 Å². The van der Waals surface area contributed by atoms with Gasteiger partial charge >= 0.3 is 0 Å². The van der Waals surface area contributed by atoms with E-state index in [1.54, 1.807) is 0 Å². The van der Waals surface area contributed by atoms with Crippen LogP contribution in [-0.2, 0) is 4.57 Å². The summed E-state index contributed by atoms with van der Waals surface area (Å²) in [7, 11) is -2.34. The van der Waals surface area contributed by atoms with Gasteiger partial charge in [0.25, 0.3) is 0 Å². The number of hydrogen-bond acceptors (Lipinski definition) is 9. The van der Waals surface area contributed by atoms with Crippen LogP contribution in [0, 0.1) is 0 Å². The minimum absolute atomic E-state index is 0.635. The number of fused-ring (bicyclic) bond motifs is 16. The summed E-state index contributed by atoms with van der Waals surface area (Å²) in [6.45, 7) is 3.65. The SMILES string of the molecule is CP(C)(=O)c1cccc(-c2ccc(-c3ccc4c(ccc5nc6ccccc6n54)c3)c3ccccc23)c1.c1ccc(-c2nc(-c3ccc(-c4ccc5c(ccc6nc7ccccc7n65)c4)cc3)nc(-c3ccccc3-c3ccccc3)n2)cc1.c1ccc(-c2nc(-c3ccccc3)c(-c3ccc(-c4ccc5ccc6nc7ccccc7n6c5c4)cc3)nc2-c2ccccc2)cc1. The van der Waals surface area contributed by atoms with E-state index < -0.39 is 7.14 Å². The van der Waals surface area contributed by atoms with Crippen molar-refractivity contribution in [1.29, 1.82) is 0 Å². The van der Waals surface area contributed by atoms with Gasteiger partial charge in [-0.3, -0.25) is 13.2 Å². The van der Waals surface area contributed by atoms with E-state index in [4.69, 9.17) is 39.9 Å². The molecule has 8 heterocycles. The lowest BCUT2D eigenvalue weighted by Gasteiger charge is -2.16. The van der Waals surface area contributed by atoms with E-state index in [1.807, 2.05) is 116 Å². The Balaban J connectivity index is 0.000000113. The molecule has 131 heavy (non-hydrogen) atoms. The Hall–Kier alpha value is -17.1. The van der Waals surface area contributed by atoms with Crippen LogP contribution in [0.5, 0.6) is 0 Å². The molecule has 0 fully saturated rings. The minimum atomic E-state index is -2.34. The molecule has 0 saturated heterocycles. The third-order valence-electron chi connectivity index (χ3n) is 24.7. The lowest BCUT2D eigenvalue weighted by Crippen LogP contribution is -2.02. The Bertz CT molecular complexity index is 8760. The summed E-state index contributed by atoms with van der Waals surface area (Å²) in [5, 5.41) is 6.82. The van der Waals surface area contributed by atoms with Crippen molar-refractivity contribution in [1.82, 2.24) is 53.1 Å². The number of hydrogen-bond donors (Lipinski definition) is 0. The maximum absolute atomic E-state index is 12.7. The number of pyridine rings is 3. The molecule has 8 aromatic heterocycles. The van der Waals surface area contributed by atoms with E-state index in [9.17, 15) is 4.57 Å². The van der Waals surface area contributed by atoms with Crippen LogP contribution in [0.25, 0.3) is 228 Å². The molecule has 25 rings (SSSR count). The van der Waals surface area contributed by atoms with E-state index in [2.05, 4.69) is 359 Å². The Morgan fingerprint density at radius 3 is 1.01 bits per heavy atom. The lowest BCUT2D eigenvalue weighted by atomic mass is 9.91. The molecule has 0 aliphatic rings. The average Bonchev–Trinajstić information content (AvgIpc) is 1.65. The molecule has 0 atom stereocenters. The van der Waals surface area contributed by atoms with Gasteiger partial charge in [0.05, 0.1) is 72.4 Å². The smallest absolute Gasteiger partial charge is 0.164 e. The van der Waals surface area contributed by atoms with Crippen molar-refractivity contribution in [3.63, 3.8) is 0 Å². The highest BCUT2D eigenvalue weighted by Gasteiger charge is 2.23. The number of rotatable bonds is 13. The highest BCUT2D eigenvalue weighted by Crippen LogP contribution is 2.44. The van der Waals surface area contributed by atoms with Crippen LogP contribution in [0.15, 0.2) is 449 Å². The van der Waals surface area contributed by atoms with Gasteiger partial charge in [0.15, 0.2) is 17.5 Å². The maximum Gasteiger partial charge on any atom is 0.164 e. The second-order valence-electron chi connectivity index (χ2n) is 33.3. The summed E-state index contributed by atoms with van der Waals surface area (Å²) in [5.41, 5.74) is 34.4. The fraction of sp³-hybridized carbons (Fsp3) is 0.0169. The standard InChI is InChI=1S/C43H28N4.C42H27N5.C33H25N2OP/c1-4-12-31(13-5-1)40-41(32-14-6-2-7-15-32)46-43(42(45-40)33-16-8-3-9-17-33)34-23-20-29(21-24-34)35-25-22-30-26-27-39-44-36-18-10-11-19-37(36)47(39)38(30)28-35;1-3-11-29(12-4-1)34-15-7-8-16-35(34)42-45-40(30-13-5-2-6-14-30)44-41(46-42)31-21-19-28(20-22-31)32-23-25-37-33(27-32)24-26-39-43-36-17-9-10-18-38(36)47(37)39;1-37(2,36)25-9-7-8-22(21-25)26-16-17-27(29-11-4-3-10-28(26)29)23-14-18-31-24(20-23)15-19-33-34-30-12-5-6-13-32(30)35(31)33/h1-28H;1-27H;3-21H,1-2H3. The number of aromatic nitrogens is 11. The molecular weight excluding hydrogens is 1620 g/mol. The van der Waals surface area contributed by atoms with Crippen molar-refractivity contribution in [3.8, 4) is 135 Å². The first-order valence-electron chi connectivity index (χ1n) is 43.9. The lowest BCUT2D eigenvalue weighted by molar-refractivity contribution is 0.588. The van der Waals surface area contributed by atoms with Crippen LogP contribution in [0.1, 0.15) is 0 Å². The average molecular weight is 1700 g/mol. The normalized spacial score (nSPS) is 11.6. The van der Waals surface area contributed by atoms with Gasteiger partial charge in [-0.05, 0) is 205 Å². The van der Waals surface area contributed by atoms with Gasteiger partial charge in [-0.1, -0.05) is 340 Å². The quantitative estimate of drug-likeness (QED) is 0.103. The molecule has 0 N–H and O–H groups in total. The van der Waals surface area contributed by atoms with Gasteiger partial charge < -0.3 is 4.57 Å². The predicted octanol–water partition coefficient (Wildman–Crippen LogP) is 29.3. The van der Waals surface area contributed by atoms with Gasteiger partial charge in [-0.15, -0.1) is 0 Å². The molecule has 0 bridgehead atoms. The van der Waals surface area contributed by atoms with Crippen molar-refractivity contribution in [2.45, 2.75) is 0 Å². The number of para-hydroxylation sites is 6. The third kappa shape index (κ3) is 15.0. The van der Waals surface area contributed by atoms with Crippen LogP contribution in [0.3, 0.4) is 0 Å². The maximum atomic E-state index is 12.7. The van der Waals surface area contributed by atoms with E-state index >= 15 is 0 Å². The summed E-state index contributed by atoms with van der Waals surface area (Å²) >= 11 is 0.